The highest BCUT2D eigenvalue weighted by atomic mass is 16.5. The number of ether oxygens (including phenoxy) is 1. The van der Waals surface area contributed by atoms with Crippen LogP contribution in [-0.4, -0.2) is 55.3 Å². The first kappa shape index (κ1) is 21.4. The molecule has 0 aliphatic carbocycles. The van der Waals surface area contributed by atoms with E-state index in [4.69, 9.17) is 4.74 Å². The second-order valence-corrected chi connectivity index (χ2v) is 8.29. The fourth-order valence-electron chi connectivity index (χ4n) is 4.13. The number of amides is 1. The third kappa shape index (κ3) is 5.30. The van der Waals surface area contributed by atoms with Gasteiger partial charge in [0.1, 0.15) is 0 Å². The van der Waals surface area contributed by atoms with E-state index in [1.807, 2.05) is 42.5 Å². The van der Waals surface area contributed by atoms with Crippen LogP contribution in [0, 0.1) is 5.92 Å². The van der Waals surface area contributed by atoms with Crippen LogP contribution in [0.15, 0.2) is 60.8 Å². The molecule has 5 rings (SSSR count). The zero-order valence-corrected chi connectivity index (χ0v) is 18.5. The molecule has 2 aliphatic heterocycles. The Morgan fingerprint density at radius 3 is 2.48 bits per heavy atom. The summed E-state index contributed by atoms with van der Waals surface area (Å²) in [7, 11) is 0. The van der Waals surface area contributed by atoms with Gasteiger partial charge in [-0.2, -0.15) is 0 Å². The molecule has 8 heteroatoms. The van der Waals surface area contributed by atoms with Crippen molar-refractivity contribution in [3.8, 4) is 11.3 Å². The van der Waals surface area contributed by atoms with Crippen LogP contribution >= 0.6 is 0 Å². The average Bonchev–Trinajstić information content (AvgIpc) is 3.41. The average molecular weight is 445 g/mol. The molecule has 3 aromatic rings. The minimum Gasteiger partial charge on any atom is -0.378 e. The van der Waals surface area contributed by atoms with Crippen molar-refractivity contribution in [2.75, 3.05) is 54.9 Å². The fourth-order valence-corrected chi connectivity index (χ4v) is 4.13. The Kier molecular flexibility index (Phi) is 6.46. The maximum Gasteiger partial charge on any atom is 0.228 e. The molecule has 8 nitrogen and oxygen atoms in total. The lowest BCUT2D eigenvalue weighted by atomic mass is 10.1. The Morgan fingerprint density at radius 1 is 1.00 bits per heavy atom. The summed E-state index contributed by atoms with van der Waals surface area (Å²) in [6.45, 7) is 5.02. The Labute approximate surface area is 193 Å². The van der Waals surface area contributed by atoms with Crippen LogP contribution in [0.25, 0.3) is 11.3 Å². The SMILES string of the molecule is O=C(Nc1ccc(-c2ccnc(Nc3ccc(N4CCOCC4)cc3)n2)cc1)[C@H]1CCNC1. The van der Waals surface area contributed by atoms with Gasteiger partial charge in [0.05, 0.1) is 24.8 Å². The smallest absolute Gasteiger partial charge is 0.228 e. The highest BCUT2D eigenvalue weighted by Crippen LogP contribution is 2.24. The fraction of sp³-hybridized carbons (Fsp3) is 0.320. The summed E-state index contributed by atoms with van der Waals surface area (Å²) in [6.07, 6.45) is 2.63. The predicted molar refractivity (Wildman–Crippen MR) is 130 cm³/mol. The van der Waals surface area contributed by atoms with Gasteiger partial charge in [-0.1, -0.05) is 12.1 Å². The molecule has 1 amide bonds. The molecule has 2 aliphatic rings. The van der Waals surface area contributed by atoms with Gasteiger partial charge in [-0.3, -0.25) is 4.79 Å². The summed E-state index contributed by atoms with van der Waals surface area (Å²) in [5, 5.41) is 9.51. The van der Waals surface area contributed by atoms with Gasteiger partial charge in [-0.05, 0) is 55.4 Å². The molecule has 0 radical (unpaired) electrons. The van der Waals surface area contributed by atoms with E-state index in [-0.39, 0.29) is 11.8 Å². The van der Waals surface area contributed by atoms with Crippen LogP contribution in [-0.2, 0) is 9.53 Å². The Balaban J connectivity index is 1.23. The number of carbonyl (C=O) groups is 1. The molecule has 33 heavy (non-hydrogen) atoms. The molecule has 0 bridgehead atoms. The van der Waals surface area contributed by atoms with E-state index < -0.39 is 0 Å². The molecule has 3 heterocycles. The van der Waals surface area contributed by atoms with Gasteiger partial charge in [0.25, 0.3) is 0 Å². The molecule has 2 fully saturated rings. The van der Waals surface area contributed by atoms with Crippen molar-refractivity contribution in [1.82, 2.24) is 15.3 Å². The molecule has 3 N–H and O–H groups in total. The number of carbonyl (C=O) groups excluding carboxylic acids is 1. The lowest BCUT2D eigenvalue weighted by molar-refractivity contribution is -0.119. The normalized spacial score (nSPS) is 18.2. The van der Waals surface area contributed by atoms with Gasteiger partial charge >= 0.3 is 0 Å². The van der Waals surface area contributed by atoms with Crippen molar-refractivity contribution in [2.24, 2.45) is 5.92 Å². The molecule has 2 saturated heterocycles. The highest BCUT2D eigenvalue weighted by molar-refractivity contribution is 5.93. The molecule has 170 valence electrons. The molecule has 0 spiro atoms. The third-order valence-corrected chi connectivity index (χ3v) is 6.03. The largest absolute Gasteiger partial charge is 0.378 e. The molecular weight excluding hydrogens is 416 g/mol. The van der Waals surface area contributed by atoms with Crippen molar-refractivity contribution in [3.05, 3.63) is 60.8 Å². The molecule has 0 unspecified atom stereocenters. The Hall–Kier alpha value is -3.49. The standard InChI is InChI=1S/C25H28N6O2/c32-24(19-9-11-26-17-19)28-20-3-1-18(2-4-20)23-10-12-27-25(30-23)29-21-5-7-22(8-6-21)31-13-15-33-16-14-31/h1-8,10,12,19,26H,9,11,13-17H2,(H,28,32)(H,27,29,30)/t19-/m0/s1. The summed E-state index contributed by atoms with van der Waals surface area (Å²) < 4.78 is 5.42. The zero-order valence-electron chi connectivity index (χ0n) is 18.5. The quantitative estimate of drug-likeness (QED) is 0.537. The van der Waals surface area contributed by atoms with E-state index in [9.17, 15) is 4.79 Å². The summed E-state index contributed by atoms with van der Waals surface area (Å²) in [5.41, 5.74) is 4.70. The highest BCUT2D eigenvalue weighted by Gasteiger charge is 2.22. The maximum atomic E-state index is 12.3. The van der Waals surface area contributed by atoms with E-state index in [1.165, 1.54) is 5.69 Å². The number of morpholine rings is 1. The number of aromatic nitrogens is 2. The van der Waals surface area contributed by atoms with Crippen LogP contribution in [0.4, 0.5) is 23.0 Å². The van der Waals surface area contributed by atoms with Crippen molar-refractivity contribution in [3.63, 3.8) is 0 Å². The summed E-state index contributed by atoms with van der Waals surface area (Å²) in [6, 6.07) is 17.9. The van der Waals surface area contributed by atoms with Crippen LogP contribution in [0.2, 0.25) is 0 Å². The number of nitrogens with one attached hydrogen (secondary N) is 3. The van der Waals surface area contributed by atoms with Crippen molar-refractivity contribution < 1.29 is 9.53 Å². The van der Waals surface area contributed by atoms with E-state index in [1.54, 1.807) is 6.20 Å². The van der Waals surface area contributed by atoms with Gasteiger partial charge in [0.15, 0.2) is 0 Å². The minimum atomic E-state index is 0.0445. The second-order valence-electron chi connectivity index (χ2n) is 8.29. The van der Waals surface area contributed by atoms with Crippen molar-refractivity contribution in [2.45, 2.75) is 6.42 Å². The number of benzene rings is 2. The maximum absolute atomic E-state index is 12.3. The molecule has 1 aromatic heterocycles. The van der Waals surface area contributed by atoms with Gasteiger partial charge in [0.2, 0.25) is 11.9 Å². The van der Waals surface area contributed by atoms with E-state index in [2.05, 4.69) is 43.0 Å². The first-order valence-electron chi connectivity index (χ1n) is 11.4. The summed E-state index contributed by atoms with van der Waals surface area (Å²) in [5.74, 6) is 0.654. The minimum absolute atomic E-state index is 0.0445. The molecular formula is C25H28N6O2. The van der Waals surface area contributed by atoms with Gasteiger partial charge in [-0.25, -0.2) is 9.97 Å². The monoisotopic (exact) mass is 444 g/mol. The van der Waals surface area contributed by atoms with Crippen molar-refractivity contribution in [1.29, 1.82) is 0 Å². The zero-order chi connectivity index (χ0) is 22.5. The van der Waals surface area contributed by atoms with E-state index in [0.717, 1.165) is 68.4 Å². The van der Waals surface area contributed by atoms with E-state index in [0.29, 0.717) is 5.95 Å². The second kappa shape index (κ2) is 9.97. The number of anilines is 4. The van der Waals surface area contributed by atoms with Crippen LogP contribution in [0.5, 0.6) is 0 Å². The van der Waals surface area contributed by atoms with Crippen molar-refractivity contribution >= 4 is 28.9 Å². The first-order valence-corrected chi connectivity index (χ1v) is 11.4. The lowest BCUT2D eigenvalue weighted by Gasteiger charge is -2.28. The number of rotatable bonds is 6. The van der Waals surface area contributed by atoms with E-state index >= 15 is 0 Å². The van der Waals surface area contributed by atoms with Crippen LogP contribution in [0.1, 0.15) is 6.42 Å². The first-order chi connectivity index (χ1) is 16.2. The summed E-state index contributed by atoms with van der Waals surface area (Å²) in [4.78, 5) is 23.7. The molecule has 1 atom stereocenters. The third-order valence-electron chi connectivity index (χ3n) is 6.03. The molecule has 0 saturated carbocycles. The predicted octanol–water partition coefficient (Wildman–Crippen LogP) is 3.27. The van der Waals surface area contributed by atoms with Crippen LogP contribution < -0.4 is 20.9 Å². The van der Waals surface area contributed by atoms with Crippen LogP contribution in [0.3, 0.4) is 0 Å². The topological polar surface area (TPSA) is 91.4 Å². The Morgan fingerprint density at radius 2 is 1.76 bits per heavy atom. The number of nitrogens with zero attached hydrogens (tertiary/aromatic N) is 3. The van der Waals surface area contributed by atoms with Gasteiger partial charge < -0.3 is 25.6 Å². The Bertz CT molecular complexity index is 1070. The van der Waals surface area contributed by atoms with Gasteiger partial charge in [-0.15, -0.1) is 0 Å². The molecule has 2 aromatic carbocycles. The number of hydrogen-bond donors (Lipinski definition) is 3. The van der Waals surface area contributed by atoms with Gasteiger partial charge in [0, 0.05) is 48.5 Å². The number of hydrogen-bond acceptors (Lipinski definition) is 7. The lowest BCUT2D eigenvalue weighted by Crippen LogP contribution is -2.36. The summed E-state index contributed by atoms with van der Waals surface area (Å²) >= 11 is 0.